The van der Waals surface area contributed by atoms with Crippen LogP contribution in [0.3, 0.4) is 0 Å². The van der Waals surface area contributed by atoms with Crippen LogP contribution in [-0.4, -0.2) is 103 Å². The first-order chi connectivity index (χ1) is 18.6. The molecule has 0 radical (unpaired) electrons. The van der Waals surface area contributed by atoms with Crippen LogP contribution >= 0.6 is 0 Å². The summed E-state index contributed by atoms with van der Waals surface area (Å²) in [6, 6.07) is 11.8. The number of ether oxygens (including phenoxy) is 2. The first kappa shape index (κ1) is 28.6. The van der Waals surface area contributed by atoms with E-state index in [1.165, 1.54) is 0 Å². The topological polar surface area (TPSA) is 180 Å². The van der Waals surface area contributed by atoms with Gasteiger partial charge in [0.05, 0.1) is 13.2 Å². The number of benzene rings is 2. The van der Waals surface area contributed by atoms with Crippen molar-refractivity contribution < 1.29 is 50.3 Å². The maximum absolute atomic E-state index is 10.5. The number of rotatable bonds is 6. The van der Waals surface area contributed by atoms with Gasteiger partial charge in [-0.05, 0) is 65.5 Å². The molecular weight excluding hydrogens is 508 g/mol. The summed E-state index contributed by atoms with van der Waals surface area (Å²) in [6.45, 7) is 2.85. The summed E-state index contributed by atoms with van der Waals surface area (Å²) in [5, 5.41) is 80.5. The zero-order valence-corrected chi connectivity index (χ0v) is 21.9. The Kier molecular flexibility index (Phi) is 8.16. The Labute approximate surface area is 226 Å². The summed E-state index contributed by atoms with van der Waals surface area (Å²) in [7, 11) is 0. The minimum Gasteiger partial charge on any atom is -0.394 e. The van der Waals surface area contributed by atoms with E-state index in [-0.39, 0.29) is 11.8 Å². The highest BCUT2D eigenvalue weighted by Gasteiger charge is 2.46. The lowest BCUT2D eigenvalue weighted by atomic mass is 9.87. The molecule has 8 N–H and O–H groups in total. The van der Waals surface area contributed by atoms with Crippen molar-refractivity contribution in [1.82, 2.24) is 0 Å². The van der Waals surface area contributed by atoms with Crippen LogP contribution in [0.4, 0.5) is 0 Å². The van der Waals surface area contributed by atoms with Crippen molar-refractivity contribution in [3.05, 3.63) is 69.8 Å². The first-order valence-electron chi connectivity index (χ1n) is 13.4. The molecular formula is C29H38O10. The van der Waals surface area contributed by atoms with E-state index in [0.717, 1.165) is 28.7 Å². The molecule has 1 saturated carbocycles. The Balaban J connectivity index is 1.30. The van der Waals surface area contributed by atoms with Gasteiger partial charge in [0.1, 0.15) is 61.0 Å². The Morgan fingerprint density at radius 2 is 0.974 bits per heavy atom. The number of hydrogen-bond donors (Lipinski definition) is 8. The molecule has 2 saturated heterocycles. The van der Waals surface area contributed by atoms with Gasteiger partial charge in [-0.3, -0.25) is 0 Å². The van der Waals surface area contributed by atoms with Crippen molar-refractivity contribution in [1.29, 1.82) is 0 Å². The molecule has 1 aliphatic carbocycles. The Morgan fingerprint density at radius 3 is 1.31 bits per heavy atom. The smallest absolute Gasteiger partial charge is 0.113 e. The molecule has 12 atom stereocenters. The van der Waals surface area contributed by atoms with E-state index in [1.54, 1.807) is 0 Å². The van der Waals surface area contributed by atoms with Crippen molar-refractivity contribution in [2.24, 2.45) is 0 Å². The predicted molar refractivity (Wildman–Crippen MR) is 138 cm³/mol. The van der Waals surface area contributed by atoms with Gasteiger partial charge in [-0.25, -0.2) is 0 Å². The molecule has 10 heteroatoms. The van der Waals surface area contributed by atoms with Gasteiger partial charge in [-0.1, -0.05) is 36.4 Å². The molecule has 10 nitrogen and oxygen atoms in total. The third kappa shape index (κ3) is 5.15. The minimum absolute atomic E-state index is 0.282. The zero-order chi connectivity index (χ0) is 28.2. The third-order valence-corrected chi connectivity index (χ3v) is 8.63. The Hall–Kier alpha value is -1.96. The van der Waals surface area contributed by atoms with Crippen LogP contribution in [0.5, 0.6) is 0 Å². The Bertz CT molecular complexity index is 1080. The van der Waals surface area contributed by atoms with Gasteiger partial charge in [0, 0.05) is 0 Å². The first-order valence-corrected chi connectivity index (χ1v) is 13.4. The van der Waals surface area contributed by atoms with Crippen molar-refractivity contribution in [2.75, 3.05) is 13.2 Å². The lowest BCUT2D eigenvalue weighted by Gasteiger charge is -2.40. The van der Waals surface area contributed by atoms with Crippen LogP contribution in [0.2, 0.25) is 0 Å². The van der Waals surface area contributed by atoms with Crippen LogP contribution in [-0.2, 0) is 9.47 Å². The normalized spacial score (nSPS) is 40.5. The van der Waals surface area contributed by atoms with Crippen LogP contribution in [0, 0.1) is 13.8 Å². The van der Waals surface area contributed by atoms with Gasteiger partial charge in [-0.2, -0.15) is 0 Å². The molecule has 0 spiro atoms. The van der Waals surface area contributed by atoms with Crippen LogP contribution in [0.15, 0.2) is 36.4 Å². The average molecular weight is 547 g/mol. The fourth-order valence-electron chi connectivity index (χ4n) is 6.15. The molecule has 0 amide bonds. The van der Waals surface area contributed by atoms with Gasteiger partial charge in [0.2, 0.25) is 0 Å². The van der Waals surface area contributed by atoms with Gasteiger partial charge in [-0.15, -0.1) is 0 Å². The number of hydrogen-bond acceptors (Lipinski definition) is 10. The maximum atomic E-state index is 10.5. The van der Waals surface area contributed by atoms with E-state index in [9.17, 15) is 40.9 Å². The quantitative estimate of drug-likeness (QED) is 0.238. The van der Waals surface area contributed by atoms with Gasteiger partial charge in [0.15, 0.2) is 0 Å². The summed E-state index contributed by atoms with van der Waals surface area (Å²) >= 11 is 0. The van der Waals surface area contributed by atoms with Crippen molar-refractivity contribution in [2.45, 2.75) is 93.1 Å². The van der Waals surface area contributed by atoms with Gasteiger partial charge in [0.25, 0.3) is 0 Å². The number of aliphatic hydroxyl groups excluding tert-OH is 8. The molecule has 2 aromatic rings. The molecule has 3 aliphatic rings. The van der Waals surface area contributed by atoms with Crippen LogP contribution < -0.4 is 0 Å². The highest BCUT2D eigenvalue weighted by atomic mass is 16.6. The fourth-order valence-corrected chi connectivity index (χ4v) is 6.15. The average Bonchev–Trinajstić information content (AvgIpc) is 3.73. The second kappa shape index (κ2) is 11.1. The lowest BCUT2D eigenvalue weighted by molar-refractivity contribution is -0.231. The monoisotopic (exact) mass is 546 g/mol. The molecule has 39 heavy (non-hydrogen) atoms. The highest BCUT2D eigenvalue weighted by Crippen LogP contribution is 2.55. The molecule has 2 heterocycles. The number of aliphatic hydroxyl groups is 8. The summed E-state index contributed by atoms with van der Waals surface area (Å²) in [5.74, 6) is 0.565. The SMILES string of the molecule is Cc1cc(C2CC2c2ccc([C@H]3O[C@H](CO)[C@@H](O)[C@H](O)[C@@H]3O)c(C)c2)ccc1[C@H]1O[C@H](CO)[C@@H](O)[C@H](O)C1O. The van der Waals surface area contributed by atoms with E-state index in [1.807, 2.05) is 50.2 Å². The Morgan fingerprint density at radius 1 is 0.590 bits per heavy atom. The molecule has 5 rings (SSSR count). The van der Waals surface area contributed by atoms with E-state index < -0.39 is 74.3 Å². The molecule has 0 aromatic heterocycles. The van der Waals surface area contributed by atoms with E-state index in [0.29, 0.717) is 11.1 Å². The molecule has 3 unspecified atom stereocenters. The second-order valence-corrected chi connectivity index (χ2v) is 11.2. The summed E-state index contributed by atoms with van der Waals surface area (Å²) < 4.78 is 11.5. The summed E-state index contributed by atoms with van der Waals surface area (Å²) in [4.78, 5) is 0. The van der Waals surface area contributed by atoms with Crippen molar-refractivity contribution in [3.63, 3.8) is 0 Å². The standard InChI is InChI=1S/C29H38O10/c1-12-7-14(3-5-16(12)28-26(36)24(34)22(32)20(10-30)38-28)18-9-19(18)15-4-6-17(13(2)8-15)29-27(37)25(35)23(33)21(11-31)39-29/h3-8,18-37H,9-11H2,1-2H3/t18?,19?,20-,21-,22-,23-,24+,25+,26+,27?,28-,29-/m1/s1. The third-order valence-electron chi connectivity index (χ3n) is 8.63. The maximum Gasteiger partial charge on any atom is 0.113 e. The largest absolute Gasteiger partial charge is 0.394 e. The zero-order valence-electron chi connectivity index (χ0n) is 21.9. The lowest BCUT2D eigenvalue weighted by Crippen LogP contribution is -2.55. The van der Waals surface area contributed by atoms with Crippen molar-refractivity contribution in [3.8, 4) is 0 Å². The van der Waals surface area contributed by atoms with E-state index in [4.69, 9.17) is 9.47 Å². The van der Waals surface area contributed by atoms with Gasteiger partial charge >= 0.3 is 0 Å². The number of aryl methyl sites for hydroxylation is 2. The van der Waals surface area contributed by atoms with E-state index in [2.05, 4.69) is 0 Å². The van der Waals surface area contributed by atoms with Crippen LogP contribution in [0.25, 0.3) is 0 Å². The van der Waals surface area contributed by atoms with Gasteiger partial charge < -0.3 is 50.3 Å². The molecule has 3 fully saturated rings. The predicted octanol–water partition coefficient (Wildman–Crippen LogP) is -0.396. The van der Waals surface area contributed by atoms with Crippen molar-refractivity contribution >= 4 is 0 Å². The van der Waals surface area contributed by atoms with E-state index >= 15 is 0 Å². The minimum atomic E-state index is -1.43. The summed E-state index contributed by atoms with van der Waals surface area (Å²) in [6.07, 6.45) is -11.0. The molecule has 0 bridgehead atoms. The molecule has 2 aromatic carbocycles. The summed E-state index contributed by atoms with van der Waals surface area (Å²) in [5.41, 5.74) is 5.37. The molecule has 214 valence electrons. The molecule has 2 aliphatic heterocycles. The second-order valence-electron chi connectivity index (χ2n) is 11.2. The van der Waals surface area contributed by atoms with Crippen LogP contribution in [0.1, 0.15) is 63.8 Å². The fraction of sp³-hybridized carbons (Fsp3) is 0.586. The highest BCUT2D eigenvalue weighted by molar-refractivity contribution is 5.44.